The summed E-state index contributed by atoms with van der Waals surface area (Å²) in [5, 5.41) is 13.1. The molecule has 1 unspecified atom stereocenters. The lowest BCUT2D eigenvalue weighted by molar-refractivity contribution is -0.132. The van der Waals surface area contributed by atoms with Crippen molar-refractivity contribution in [3.05, 3.63) is 94.4 Å². The van der Waals surface area contributed by atoms with Gasteiger partial charge in [0.25, 0.3) is 10.0 Å². The molecule has 3 aromatic carbocycles. The predicted molar refractivity (Wildman–Crippen MR) is 165 cm³/mol. The fraction of sp³-hybridized carbons (Fsp3) is 0.344. The number of benzene rings is 3. The third-order valence-electron chi connectivity index (χ3n) is 8.49. The molecule has 1 aromatic heterocycles. The Morgan fingerprint density at radius 1 is 1.02 bits per heavy atom. The van der Waals surface area contributed by atoms with E-state index in [1.54, 1.807) is 29.2 Å². The average Bonchev–Trinajstić information content (AvgIpc) is 3.64. The van der Waals surface area contributed by atoms with Crippen LogP contribution in [0.15, 0.2) is 82.5 Å². The predicted octanol–water partition coefficient (Wildman–Crippen LogP) is 2.26. The largest absolute Gasteiger partial charge is 0.497 e. The highest BCUT2D eigenvalue weighted by Gasteiger charge is 2.37. The molecule has 228 valence electrons. The molecule has 11 nitrogen and oxygen atoms in total. The van der Waals surface area contributed by atoms with Gasteiger partial charge in [0, 0.05) is 45.8 Å². The smallest absolute Gasteiger partial charge is 0.344 e. The topological polar surface area (TPSA) is 130 Å². The van der Waals surface area contributed by atoms with Crippen LogP contribution in [-0.4, -0.2) is 85.6 Å². The van der Waals surface area contributed by atoms with E-state index in [-0.39, 0.29) is 27.4 Å². The fourth-order valence-corrected chi connectivity index (χ4v) is 7.65. The van der Waals surface area contributed by atoms with Gasteiger partial charge in [0.2, 0.25) is 5.91 Å². The second-order valence-corrected chi connectivity index (χ2v) is 13.0. The highest BCUT2D eigenvalue weighted by Crippen LogP contribution is 2.30. The minimum Gasteiger partial charge on any atom is -0.497 e. The number of nitrogens with zero attached hydrogens (tertiary/aromatic N) is 5. The van der Waals surface area contributed by atoms with E-state index in [2.05, 4.69) is 16.3 Å². The van der Waals surface area contributed by atoms with Crippen LogP contribution in [-0.2, 0) is 14.8 Å². The molecule has 2 atom stereocenters. The van der Waals surface area contributed by atoms with Gasteiger partial charge in [-0.15, -0.1) is 0 Å². The van der Waals surface area contributed by atoms with Crippen molar-refractivity contribution in [2.45, 2.75) is 17.4 Å². The van der Waals surface area contributed by atoms with Crippen LogP contribution in [0.2, 0.25) is 0 Å². The normalized spacial score (nSPS) is 18.3. The number of hydrogen-bond acceptors (Lipinski definition) is 8. The molecule has 44 heavy (non-hydrogen) atoms. The zero-order valence-corrected chi connectivity index (χ0v) is 25.2. The Hall–Kier alpha value is -4.44. The van der Waals surface area contributed by atoms with Crippen LogP contribution >= 0.6 is 0 Å². The lowest BCUT2D eigenvalue weighted by Gasteiger charge is -2.30. The third kappa shape index (κ3) is 5.50. The number of amides is 1. The first-order valence-electron chi connectivity index (χ1n) is 14.7. The van der Waals surface area contributed by atoms with E-state index >= 15 is 0 Å². The second-order valence-electron chi connectivity index (χ2n) is 11.2. The Morgan fingerprint density at radius 2 is 1.75 bits per heavy atom. The van der Waals surface area contributed by atoms with Crippen LogP contribution in [0.5, 0.6) is 5.75 Å². The zero-order valence-electron chi connectivity index (χ0n) is 24.4. The number of aromatic nitrogens is 2. The molecular formula is C32H34N6O5S. The number of rotatable bonds is 8. The summed E-state index contributed by atoms with van der Waals surface area (Å²) in [6.45, 7) is 5.82. The molecular weight excluding hydrogens is 580 g/mol. The van der Waals surface area contributed by atoms with Gasteiger partial charge in [0.15, 0.2) is 0 Å². The van der Waals surface area contributed by atoms with Crippen molar-refractivity contribution in [3.8, 4) is 11.8 Å². The maximum atomic E-state index is 14.4. The number of fused-ring (bicyclic) bond motifs is 1. The van der Waals surface area contributed by atoms with Crippen molar-refractivity contribution in [1.82, 2.24) is 23.7 Å². The molecule has 2 aliphatic heterocycles. The number of imidazole rings is 1. The number of nitrogens with one attached hydrogen (secondary N) is 1. The van der Waals surface area contributed by atoms with E-state index in [4.69, 9.17) is 4.74 Å². The van der Waals surface area contributed by atoms with Crippen molar-refractivity contribution in [1.29, 1.82) is 5.26 Å². The number of carbonyl (C=O) groups is 1. The molecule has 1 amide bonds. The van der Waals surface area contributed by atoms with E-state index in [0.29, 0.717) is 30.3 Å². The number of piperazine rings is 1. The van der Waals surface area contributed by atoms with Crippen molar-refractivity contribution in [2.24, 2.45) is 5.92 Å². The third-order valence-corrected chi connectivity index (χ3v) is 10.2. The minimum absolute atomic E-state index is 0.0801. The van der Waals surface area contributed by atoms with E-state index in [9.17, 15) is 23.3 Å². The maximum Gasteiger partial charge on any atom is 0.344 e. The van der Waals surface area contributed by atoms with Crippen molar-refractivity contribution >= 4 is 27.0 Å². The van der Waals surface area contributed by atoms with Crippen molar-refractivity contribution < 1.29 is 17.9 Å². The molecule has 0 radical (unpaired) electrons. The maximum absolute atomic E-state index is 14.4. The highest BCUT2D eigenvalue weighted by atomic mass is 32.2. The number of nitriles is 1. The fourth-order valence-electron chi connectivity index (χ4n) is 6.25. The average molecular weight is 615 g/mol. The van der Waals surface area contributed by atoms with E-state index in [1.807, 2.05) is 6.07 Å². The van der Waals surface area contributed by atoms with Crippen LogP contribution in [0, 0.1) is 17.2 Å². The van der Waals surface area contributed by atoms with E-state index in [0.717, 1.165) is 43.1 Å². The zero-order chi connectivity index (χ0) is 30.8. The number of likely N-dealkylation sites (tertiary alicyclic amines) is 1. The van der Waals surface area contributed by atoms with Gasteiger partial charge in [-0.3, -0.25) is 9.36 Å². The molecule has 1 N–H and O–H groups in total. The van der Waals surface area contributed by atoms with Gasteiger partial charge in [0.1, 0.15) is 11.8 Å². The summed E-state index contributed by atoms with van der Waals surface area (Å²) in [5.74, 6) is 0.476. The van der Waals surface area contributed by atoms with Crippen LogP contribution in [0.25, 0.3) is 11.0 Å². The highest BCUT2D eigenvalue weighted by molar-refractivity contribution is 7.90. The van der Waals surface area contributed by atoms with Gasteiger partial charge in [-0.2, -0.15) is 9.23 Å². The van der Waals surface area contributed by atoms with Crippen molar-refractivity contribution in [2.75, 3.05) is 52.9 Å². The van der Waals surface area contributed by atoms with Crippen LogP contribution < -0.4 is 15.7 Å². The van der Waals surface area contributed by atoms with Crippen molar-refractivity contribution in [3.63, 3.8) is 0 Å². The number of hydrogen-bond donors (Lipinski definition) is 1. The van der Waals surface area contributed by atoms with Gasteiger partial charge in [0.05, 0.1) is 34.7 Å². The summed E-state index contributed by atoms with van der Waals surface area (Å²) in [6.07, 6.45) is 0.846. The molecule has 0 bridgehead atoms. The number of carbonyl (C=O) groups excluding carboxylic acids is 1. The van der Waals surface area contributed by atoms with Crippen LogP contribution in [0.3, 0.4) is 0 Å². The number of ether oxygens (including phenoxy) is 1. The second kappa shape index (κ2) is 12.3. The van der Waals surface area contributed by atoms with Gasteiger partial charge in [-0.05, 0) is 60.4 Å². The van der Waals surface area contributed by atoms with Crippen LogP contribution in [0.1, 0.15) is 23.6 Å². The lowest BCUT2D eigenvalue weighted by atomic mass is 10.0. The summed E-state index contributed by atoms with van der Waals surface area (Å²) in [6, 6.07) is 20.0. The molecule has 6 rings (SSSR count). The molecule has 12 heteroatoms. The number of methoxy groups -OCH3 is 1. The summed E-state index contributed by atoms with van der Waals surface area (Å²) >= 11 is 0. The molecule has 4 aromatic rings. The van der Waals surface area contributed by atoms with Gasteiger partial charge in [-0.1, -0.05) is 30.3 Å². The first-order valence-corrected chi connectivity index (χ1v) is 16.1. The Bertz CT molecular complexity index is 1870. The van der Waals surface area contributed by atoms with Gasteiger partial charge in [-0.25, -0.2) is 13.2 Å². The summed E-state index contributed by atoms with van der Waals surface area (Å²) in [7, 11) is -2.92. The Morgan fingerprint density at radius 3 is 2.43 bits per heavy atom. The van der Waals surface area contributed by atoms with E-state index < -0.39 is 21.8 Å². The molecule has 0 aliphatic carbocycles. The quantitative estimate of drug-likeness (QED) is 0.320. The lowest BCUT2D eigenvalue weighted by Crippen LogP contribution is -2.46. The first kappa shape index (κ1) is 29.6. The summed E-state index contributed by atoms with van der Waals surface area (Å²) in [5.41, 5.74) is 0.168. The Kier molecular flexibility index (Phi) is 8.27. The minimum atomic E-state index is -4.40. The molecule has 3 heterocycles. The summed E-state index contributed by atoms with van der Waals surface area (Å²) in [4.78, 5) is 32.9. The molecule has 2 saturated heterocycles. The molecule has 2 fully saturated rings. The Balaban J connectivity index is 1.46. The SMILES string of the molecule is COc1ccc(S(=O)(=O)n2c(=O)n(C(C(=O)N3CC[C@H](CN4CCNCC4)C3)c3ccccc3)c3cc(C#N)ccc32)cc1. The monoisotopic (exact) mass is 614 g/mol. The van der Waals surface area contributed by atoms with E-state index in [1.165, 1.54) is 54.1 Å². The van der Waals surface area contributed by atoms with Gasteiger partial charge >= 0.3 is 5.69 Å². The summed E-state index contributed by atoms with van der Waals surface area (Å²) < 4.78 is 35.1. The Labute approximate surface area is 255 Å². The molecule has 0 spiro atoms. The van der Waals surface area contributed by atoms with Crippen LogP contribution in [0.4, 0.5) is 0 Å². The first-order chi connectivity index (χ1) is 21.3. The standard InChI is InChI=1S/C32H34N6O5S/c1-43-26-8-10-27(11-9-26)44(41,42)38-28-12-7-23(20-33)19-29(28)37(32(38)40)30(25-5-3-2-4-6-25)31(39)36-16-13-24(22-36)21-35-17-14-34-15-18-35/h2-12,19,24,30,34H,13-18,21-22H2,1H3/t24-,30?/m1/s1. The molecule has 2 aliphatic rings. The molecule has 0 saturated carbocycles. The van der Waals surface area contributed by atoms with Gasteiger partial charge < -0.3 is 19.9 Å².